The second kappa shape index (κ2) is 7.96. The highest BCUT2D eigenvalue weighted by atomic mass is 35.5. The van der Waals surface area contributed by atoms with Gasteiger partial charge in [0, 0.05) is 22.8 Å². The summed E-state index contributed by atoms with van der Waals surface area (Å²) >= 11 is 5.86. The molecule has 0 radical (unpaired) electrons. The lowest BCUT2D eigenvalue weighted by Crippen LogP contribution is -2.21. The molecule has 1 aromatic carbocycles. The Bertz CT molecular complexity index is 1110. The van der Waals surface area contributed by atoms with Gasteiger partial charge in [0.25, 0.3) is 5.56 Å². The maximum absolute atomic E-state index is 12.6. The van der Waals surface area contributed by atoms with E-state index in [4.69, 9.17) is 21.4 Å². The van der Waals surface area contributed by atoms with E-state index >= 15 is 0 Å². The van der Waals surface area contributed by atoms with E-state index in [0.29, 0.717) is 10.6 Å². The van der Waals surface area contributed by atoms with Crippen LogP contribution in [0, 0.1) is 0 Å². The van der Waals surface area contributed by atoms with Gasteiger partial charge in [-0.2, -0.15) is 13.2 Å². The molecule has 2 heterocycles. The molecule has 0 aliphatic rings. The highest BCUT2D eigenvalue weighted by Gasteiger charge is 2.29. The zero-order valence-electron chi connectivity index (χ0n) is 14.5. The Morgan fingerprint density at radius 2 is 1.86 bits per heavy atom. The van der Waals surface area contributed by atoms with E-state index < -0.39 is 24.3 Å². The third kappa shape index (κ3) is 4.94. The molecule has 0 fully saturated rings. The zero-order valence-corrected chi connectivity index (χ0v) is 15.2. The zero-order chi connectivity index (χ0) is 21.2. The molecule has 29 heavy (non-hydrogen) atoms. The van der Waals surface area contributed by atoms with Crippen molar-refractivity contribution in [2.75, 3.05) is 6.61 Å². The molecule has 0 atom stereocenters. The number of nitrogens with zero attached hydrogens (tertiary/aromatic N) is 2. The first kappa shape index (κ1) is 20.4. The molecule has 0 aliphatic heterocycles. The Kier molecular flexibility index (Phi) is 5.60. The van der Waals surface area contributed by atoms with E-state index in [2.05, 4.69) is 4.98 Å². The minimum Gasteiger partial charge on any atom is -0.478 e. The number of halogens is 4. The van der Waals surface area contributed by atoms with Crippen LogP contribution in [0.1, 0.15) is 10.4 Å². The normalized spacial score (nSPS) is 11.3. The summed E-state index contributed by atoms with van der Waals surface area (Å²) in [4.78, 5) is 27.2. The highest BCUT2D eigenvalue weighted by Crippen LogP contribution is 2.32. The van der Waals surface area contributed by atoms with Gasteiger partial charge in [-0.25, -0.2) is 9.78 Å². The molecule has 2 aromatic heterocycles. The van der Waals surface area contributed by atoms with E-state index in [9.17, 15) is 22.8 Å². The number of aromatic nitrogens is 2. The van der Waals surface area contributed by atoms with Gasteiger partial charge in [0.05, 0.1) is 17.4 Å². The predicted octanol–water partition coefficient (Wildman–Crippen LogP) is 4.19. The Morgan fingerprint density at radius 3 is 2.45 bits per heavy atom. The molecule has 0 saturated carbocycles. The lowest BCUT2D eigenvalue weighted by Gasteiger charge is -2.14. The summed E-state index contributed by atoms with van der Waals surface area (Å²) in [6, 6.07) is 9.80. The van der Waals surface area contributed by atoms with Crippen LogP contribution in [0.2, 0.25) is 5.02 Å². The smallest absolute Gasteiger partial charge is 0.422 e. The number of alkyl halides is 3. The lowest BCUT2D eigenvalue weighted by atomic mass is 10.1. The SMILES string of the molecule is O=C(O)c1ccn(-c2cnc(OCC(F)(F)F)c(-c3ccc(Cl)cc3)c2)c(=O)c1. The maximum Gasteiger partial charge on any atom is 0.422 e. The molecule has 3 aromatic rings. The number of carbonyl (C=O) groups is 1. The van der Waals surface area contributed by atoms with Crippen molar-refractivity contribution in [1.29, 1.82) is 0 Å². The monoisotopic (exact) mass is 424 g/mol. The third-order valence-electron chi connectivity index (χ3n) is 3.81. The number of pyridine rings is 2. The standard InChI is InChI=1S/C19H12ClF3N2O4/c20-13-3-1-11(2-4-13)15-8-14(9-24-17(15)29-10-19(21,22)23)25-6-5-12(18(27)28)7-16(25)26/h1-9H,10H2,(H,27,28). The average Bonchev–Trinajstić information content (AvgIpc) is 2.66. The number of hydrogen-bond donors (Lipinski definition) is 1. The molecule has 0 bridgehead atoms. The number of aromatic carboxylic acids is 1. The molecule has 3 rings (SSSR count). The molecule has 0 unspecified atom stereocenters. The number of rotatable bonds is 5. The third-order valence-corrected chi connectivity index (χ3v) is 4.06. The highest BCUT2D eigenvalue weighted by molar-refractivity contribution is 6.30. The van der Waals surface area contributed by atoms with Crippen LogP contribution in [0.5, 0.6) is 5.88 Å². The number of benzene rings is 1. The molecule has 0 saturated heterocycles. The first-order chi connectivity index (χ1) is 13.6. The number of carboxylic acid groups (broad SMARTS) is 1. The van der Waals surface area contributed by atoms with Gasteiger partial charge >= 0.3 is 12.1 Å². The molecule has 0 aliphatic carbocycles. The number of hydrogen-bond acceptors (Lipinski definition) is 4. The van der Waals surface area contributed by atoms with E-state index in [0.717, 1.165) is 16.8 Å². The van der Waals surface area contributed by atoms with E-state index in [1.807, 2.05) is 0 Å². The Morgan fingerprint density at radius 1 is 1.17 bits per heavy atom. The van der Waals surface area contributed by atoms with Gasteiger partial charge in [-0.3, -0.25) is 9.36 Å². The molecule has 10 heteroatoms. The molecule has 0 spiro atoms. The number of carboxylic acids is 1. The lowest BCUT2D eigenvalue weighted by molar-refractivity contribution is -0.154. The van der Waals surface area contributed by atoms with Crippen molar-refractivity contribution >= 4 is 17.6 Å². The van der Waals surface area contributed by atoms with Crippen LogP contribution in [0.25, 0.3) is 16.8 Å². The van der Waals surface area contributed by atoms with Crippen molar-refractivity contribution in [3.63, 3.8) is 0 Å². The van der Waals surface area contributed by atoms with Crippen molar-refractivity contribution in [3.8, 4) is 22.7 Å². The van der Waals surface area contributed by atoms with E-state index in [-0.39, 0.29) is 22.7 Å². The summed E-state index contributed by atoms with van der Waals surface area (Å²) in [5.74, 6) is -1.53. The van der Waals surface area contributed by atoms with Crippen molar-refractivity contribution in [1.82, 2.24) is 9.55 Å². The van der Waals surface area contributed by atoms with Crippen molar-refractivity contribution in [2.45, 2.75) is 6.18 Å². The fourth-order valence-electron chi connectivity index (χ4n) is 2.50. The molecule has 150 valence electrons. The Balaban J connectivity index is 2.09. The largest absolute Gasteiger partial charge is 0.478 e. The van der Waals surface area contributed by atoms with Gasteiger partial charge in [-0.15, -0.1) is 0 Å². The van der Waals surface area contributed by atoms with Crippen molar-refractivity contribution in [2.24, 2.45) is 0 Å². The average molecular weight is 425 g/mol. The second-order valence-corrected chi connectivity index (χ2v) is 6.32. The Labute approximate surface area is 166 Å². The fourth-order valence-corrected chi connectivity index (χ4v) is 2.63. The predicted molar refractivity (Wildman–Crippen MR) is 98.8 cm³/mol. The van der Waals surface area contributed by atoms with Gasteiger partial charge in [0.2, 0.25) is 5.88 Å². The van der Waals surface area contributed by atoms with Gasteiger partial charge in [-0.05, 0) is 29.8 Å². The van der Waals surface area contributed by atoms with Crippen LogP contribution in [0.3, 0.4) is 0 Å². The Hall–Kier alpha value is -3.33. The molecule has 0 amide bonds. The van der Waals surface area contributed by atoms with Crippen LogP contribution in [-0.2, 0) is 0 Å². The molecule has 6 nitrogen and oxygen atoms in total. The van der Waals surface area contributed by atoms with E-state index in [1.165, 1.54) is 18.3 Å². The van der Waals surface area contributed by atoms with Gasteiger partial charge in [0.1, 0.15) is 0 Å². The maximum atomic E-state index is 12.6. The topological polar surface area (TPSA) is 81.4 Å². The van der Waals surface area contributed by atoms with Gasteiger partial charge < -0.3 is 9.84 Å². The minimum absolute atomic E-state index is 0.192. The van der Waals surface area contributed by atoms with Crippen LogP contribution < -0.4 is 10.3 Å². The minimum atomic E-state index is -4.55. The molecule has 1 N–H and O–H groups in total. The van der Waals surface area contributed by atoms with Gasteiger partial charge in [-0.1, -0.05) is 23.7 Å². The van der Waals surface area contributed by atoms with Crippen LogP contribution in [0.15, 0.2) is 59.7 Å². The number of ether oxygens (including phenoxy) is 1. The van der Waals surface area contributed by atoms with Crippen LogP contribution in [0.4, 0.5) is 13.2 Å². The first-order valence-electron chi connectivity index (χ1n) is 8.06. The quantitative estimate of drug-likeness (QED) is 0.664. The first-order valence-corrected chi connectivity index (χ1v) is 8.44. The van der Waals surface area contributed by atoms with Crippen LogP contribution in [-0.4, -0.2) is 33.4 Å². The van der Waals surface area contributed by atoms with Gasteiger partial charge in [0.15, 0.2) is 6.61 Å². The van der Waals surface area contributed by atoms with E-state index in [1.54, 1.807) is 24.3 Å². The summed E-state index contributed by atoms with van der Waals surface area (Å²) < 4.78 is 43.6. The van der Waals surface area contributed by atoms with Crippen molar-refractivity contribution in [3.05, 3.63) is 75.8 Å². The summed E-state index contributed by atoms with van der Waals surface area (Å²) in [6.45, 7) is -1.53. The molecular formula is C19H12ClF3N2O4. The summed E-state index contributed by atoms with van der Waals surface area (Å²) in [5, 5.41) is 9.39. The summed E-state index contributed by atoms with van der Waals surface area (Å²) in [7, 11) is 0. The van der Waals surface area contributed by atoms with Crippen molar-refractivity contribution < 1.29 is 27.8 Å². The second-order valence-electron chi connectivity index (χ2n) is 5.89. The fraction of sp³-hybridized carbons (Fsp3) is 0.105. The summed E-state index contributed by atoms with van der Waals surface area (Å²) in [5.41, 5.74) is 0.0602. The van der Waals surface area contributed by atoms with Crippen LogP contribution >= 0.6 is 11.6 Å². The molecular weight excluding hydrogens is 413 g/mol. The summed E-state index contributed by atoms with van der Waals surface area (Å²) in [6.07, 6.45) is -2.15.